The molecule has 0 saturated carbocycles. The Labute approximate surface area is 78.7 Å². The summed E-state index contributed by atoms with van der Waals surface area (Å²) in [5.74, 6) is 1.35. The van der Waals surface area contributed by atoms with Crippen molar-refractivity contribution in [1.29, 1.82) is 0 Å². The summed E-state index contributed by atoms with van der Waals surface area (Å²) in [6.45, 7) is 1.76. The first-order valence-electron chi connectivity index (χ1n) is 2.85. The van der Waals surface area contributed by atoms with Crippen LogP contribution in [0.15, 0.2) is 12.3 Å². The van der Waals surface area contributed by atoms with Gasteiger partial charge in [-0.25, -0.2) is 9.37 Å². The number of alkyl halides is 1. The van der Waals surface area contributed by atoms with Gasteiger partial charge in [0.1, 0.15) is 0 Å². The van der Waals surface area contributed by atoms with Gasteiger partial charge in [-0.05, 0) is 24.4 Å². The van der Waals surface area contributed by atoms with Crippen molar-refractivity contribution in [3.8, 4) is 0 Å². The average molecular weight is 241 g/mol. The number of aromatic nitrogens is 1. The van der Waals surface area contributed by atoms with Gasteiger partial charge >= 0.3 is 0 Å². The number of pyridine rings is 1. The maximum Gasteiger partial charge on any atom is 0.164 e. The van der Waals surface area contributed by atoms with Gasteiger partial charge in [0.2, 0.25) is 0 Å². The van der Waals surface area contributed by atoms with Crippen LogP contribution in [-0.4, -0.2) is 10.8 Å². The van der Waals surface area contributed by atoms with Crippen LogP contribution in [0.5, 0.6) is 0 Å². The molecule has 0 atom stereocenters. The lowest BCUT2D eigenvalue weighted by Crippen LogP contribution is -1.82. The molecule has 1 nitrogen and oxygen atoms in total. The molecule has 11 heavy (non-hydrogen) atoms. The lowest BCUT2D eigenvalue weighted by Gasteiger charge is -1.91. The molecule has 0 unspecified atom stereocenters. The maximum atomic E-state index is 12.4. The van der Waals surface area contributed by atoms with Crippen LogP contribution in [0.1, 0.15) is 5.56 Å². The highest BCUT2D eigenvalue weighted by atomic mass is 79.9. The van der Waals surface area contributed by atoms with Crippen molar-refractivity contribution in [1.82, 2.24) is 4.98 Å². The normalized spacial score (nSPS) is 8.45. The number of hydrogen-bond acceptors (Lipinski definition) is 1. The summed E-state index contributed by atoms with van der Waals surface area (Å²) in [5.41, 5.74) is 0.775. The van der Waals surface area contributed by atoms with Gasteiger partial charge in [-0.2, -0.15) is 0 Å². The number of aryl methyl sites for hydroxylation is 1. The van der Waals surface area contributed by atoms with E-state index in [0.29, 0.717) is 0 Å². The van der Waals surface area contributed by atoms with Crippen molar-refractivity contribution in [2.45, 2.75) is 6.92 Å². The van der Waals surface area contributed by atoms with Gasteiger partial charge in [0.25, 0.3) is 0 Å². The molecule has 1 aromatic heterocycles. The molecule has 0 saturated heterocycles. The van der Waals surface area contributed by atoms with E-state index in [4.69, 9.17) is 11.6 Å². The third-order valence-corrected chi connectivity index (χ3v) is 1.21. The average Bonchev–Trinajstić information content (AvgIpc) is 2.02. The van der Waals surface area contributed by atoms with Gasteiger partial charge in [-0.15, -0.1) is 0 Å². The highest BCUT2D eigenvalue weighted by molar-refractivity contribution is 9.08. The molecule has 62 valence electrons. The molecule has 0 aliphatic rings. The highest BCUT2D eigenvalue weighted by Gasteiger charge is 1.97. The molecule has 0 radical (unpaired) electrons. The summed E-state index contributed by atoms with van der Waals surface area (Å²) in [7, 11) is 0. The predicted octanol–water partition coefficient (Wildman–Crippen LogP) is 3.19. The fourth-order valence-corrected chi connectivity index (χ4v) is 0.620. The summed E-state index contributed by atoms with van der Waals surface area (Å²) >= 11 is 8.23. The highest BCUT2D eigenvalue weighted by Crippen LogP contribution is 2.10. The van der Waals surface area contributed by atoms with Crippen LogP contribution in [0.25, 0.3) is 0 Å². The summed E-state index contributed by atoms with van der Waals surface area (Å²) in [5, 5.41) is -0.0689. The zero-order chi connectivity index (χ0) is 8.85. The lowest BCUT2D eigenvalue weighted by atomic mass is 10.3. The minimum absolute atomic E-state index is 0.0689. The van der Waals surface area contributed by atoms with Crippen molar-refractivity contribution in [3.63, 3.8) is 0 Å². The second-order valence-electron chi connectivity index (χ2n) is 1.79. The van der Waals surface area contributed by atoms with Gasteiger partial charge in [-0.3, -0.25) is 0 Å². The predicted molar refractivity (Wildman–Crippen MR) is 48.8 cm³/mol. The third-order valence-electron chi connectivity index (χ3n) is 0.933. The van der Waals surface area contributed by atoms with E-state index in [1.165, 1.54) is 12.3 Å². The quantitative estimate of drug-likeness (QED) is 0.501. The first-order chi connectivity index (χ1) is 5.20. The molecule has 0 aliphatic heterocycles. The van der Waals surface area contributed by atoms with Crippen LogP contribution in [-0.2, 0) is 0 Å². The number of halogens is 3. The smallest absolute Gasteiger partial charge is 0.164 e. The summed E-state index contributed by atoms with van der Waals surface area (Å²) in [6.07, 6.45) is 1.52. The fraction of sp³-hybridized carbons (Fsp3) is 0.286. The Morgan fingerprint density at radius 2 is 2.09 bits per heavy atom. The van der Waals surface area contributed by atoms with Crippen molar-refractivity contribution < 1.29 is 4.39 Å². The van der Waals surface area contributed by atoms with Gasteiger partial charge < -0.3 is 0 Å². The molecule has 0 aromatic carbocycles. The molecule has 0 aliphatic carbocycles. The largest absolute Gasteiger partial charge is 0.241 e. The van der Waals surface area contributed by atoms with Gasteiger partial charge in [0, 0.05) is 6.20 Å². The van der Waals surface area contributed by atoms with Crippen LogP contribution >= 0.6 is 27.5 Å². The zero-order valence-corrected chi connectivity index (χ0v) is 8.58. The van der Waals surface area contributed by atoms with E-state index >= 15 is 0 Å². The van der Waals surface area contributed by atoms with Crippen LogP contribution in [0, 0.1) is 12.7 Å². The maximum absolute atomic E-state index is 12.4. The van der Waals surface area contributed by atoms with E-state index in [2.05, 4.69) is 20.9 Å². The molecule has 0 N–H and O–H groups in total. The van der Waals surface area contributed by atoms with Crippen LogP contribution in [0.3, 0.4) is 0 Å². The minimum atomic E-state index is -0.461. The van der Waals surface area contributed by atoms with E-state index < -0.39 is 5.82 Å². The van der Waals surface area contributed by atoms with E-state index in [1.54, 1.807) is 6.92 Å². The van der Waals surface area contributed by atoms with Crippen molar-refractivity contribution in [2.75, 3.05) is 5.83 Å². The number of rotatable bonds is 0. The molecule has 4 heteroatoms. The molecular formula is C7H8BrClFN. The van der Waals surface area contributed by atoms with Gasteiger partial charge in [0.15, 0.2) is 11.0 Å². The van der Waals surface area contributed by atoms with Crippen LogP contribution in [0.4, 0.5) is 4.39 Å². The van der Waals surface area contributed by atoms with Crippen LogP contribution < -0.4 is 0 Å². The molecule has 1 rings (SSSR count). The van der Waals surface area contributed by atoms with Crippen molar-refractivity contribution in [2.24, 2.45) is 0 Å². The molecule has 0 amide bonds. The standard InChI is InChI=1S/C6H5ClFN.CH3Br/c1-4-2-5(8)6(7)9-3-4;1-2/h2-3H,1H3;1H3. The molecule has 1 heterocycles. The van der Waals surface area contributed by atoms with Crippen molar-refractivity contribution in [3.05, 3.63) is 28.8 Å². The lowest BCUT2D eigenvalue weighted by molar-refractivity contribution is 0.620. The van der Waals surface area contributed by atoms with E-state index in [-0.39, 0.29) is 5.15 Å². The molecule has 0 fully saturated rings. The summed E-state index contributed by atoms with van der Waals surface area (Å²) in [6, 6.07) is 1.34. The molecule has 0 spiro atoms. The summed E-state index contributed by atoms with van der Waals surface area (Å²) in [4.78, 5) is 3.57. The third kappa shape index (κ3) is 3.68. The van der Waals surface area contributed by atoms with E-state index in [9.17, 15) is 4.39 Å². The Morgan fingerprint density at radius 3 is 2.45 bits per heavy atom. The topological polar surface area (TPSA) is 12.9 Å². The zero-order valence-electron chi connectivity index (χ0n) is 6.24. The molecule has 0 bridgehead atoms. The Hall–Kier alpha value is -0.150. The second-order valence-corrected chi connectivity index (χ2v) is 2.14. The summed E-state index contributed by atoms with van der Waals surface area (Å²) < 4.78 is 12.4. The van der Waals surface area contributed by atoms with E-state index in [1.807, 2.05) is 5.83 Å². The Kier molecular flexibility index (Phi) is 5.42. The Morgan fingerprint density at radius 1 is 1.55 bits per heavy atom. The Balaban J connectivity index is 0.000000461. The fourth-order valence-electron chi connectivity index (χ4n) is 0.517. The van der Waals surface area contributed by atoms with E-state index in [0.717, 1.165) is 5.56 Å². The number of nitrogens with zero attached hydrogens (tertiary/aromatic N) is 1. The SMILES string of the molecule is CBr.Cc1cnc(Cl)c(F)c1. The van der Waals surface area contributed by atoms with Gasteiger partial charge in [-0.1, -0.05) is 27.5 Å². The molecular weight excluding hydrogens is 232 g/mol. The number of hydrogen-bond donors (Lipinski definition) is 0. The molecule has 1 aromatic rings. The van der Waals surface area contributed by atoms with Crippen LogP contribution in [0.2, 0.25) is 5.15 Å². The minimum Gasteiger partial charge on any atom is -0.241 e. The monoisotopic (exact) mass is 239 g/mol. The first-order valence-corrected chi connectivity index (χ1v) is 4.82. The first kappa shape index (κ1) is 10.8. The second kappa shape index (κ2) is 5.49. The van der Waals surface area contributed by atoms with Gasteiger partial charge in [0.05, 0.1) is 0 Å². The Bertz CT molecular complexity index is 230. The van der Waals surface area contributed by atoms with Crippen molar-refractivity contribution >= 4 is 27.5 Å².